The molecule has 92 valence electrons. The largest absolute Gasteiger partial charge is 0.480 e. The minimum atomic E-state index is -0.910. The summed E-state index contributed by atoms with van der Waals surface area (Å²) in [6, 6.07) is 1.07. The highest BCUT2D eigenvalue weighted by Gasteiger charge is 2.32. The van der Waals surface area contributed by atoms with Gasteiger partial charge in [0.05, 0.1) is 9.35 Å². The molecule has 1 N–H and O–H groups in total. The zero-order valence-corrected chi connectivity index (χ0v) is 11.5. The molecule has 2 heterocycles. The lowest BCUT2D eigenvalue weighted by molar-refractivity contribution is -0.143. The molecule has 4 nitrogen and oxygen atoms in total. The molecular formula is C11H12BrNO3S. The first kappa shape index (κ1) is 12.6. The Morgan fingerprint density at radius 3 is 2.82 bits per heavy atom. The van der Waals surface area contributed by atoms with E-state index in [0.717, 1.165) is 16.6 Å². The van der Waals surface area contributed by atoms with E-state index in [2.05, 4.69) is 15.9 Å². The van der Waals surface area contributed by atoms with Crippen molar-refractivity contribution in [2.75, 3.05) is 6.54 Å². The Morgan fingerprint density at radius 2 is 2.24 bits per heavy atom. The van der Waals surface area contributed by atoms with Gasteiger partial charge < -0.3 is 10.0 Å². The predicted octanol–water partition coefficient (Wildman–Crippen LogP) is 2.59. The van der Waals surface area contributed by atoms with Gasteiger partial charge in [-0.3, -0.25) is 4.79 Å². The first-order chi connectivity index (χ1) is 8.09. The number of carbonyl (C=O) groups excluding carboxylic acids is 1. The van der Waals surface area contributed by atoms with Crippen molar-refractivity contribution in [3.05, 3.63) is 20.8 Å². The normalized spacial score (nSPS) is 20.3. The SMILES string of the molecule is O=C(O)C1CCCCN1C(=O)c1csc(Br)c1. The molecule has 0 bridgehead atoms. The Morgan fingerprint density at radius 1 is 1.47 bits per heavy atom. The quantitative estimate of drug-likeness (QED) is 0.912. The number of hydrogen-bond acceptors (Lipinski definition) is 3. The van der Waals surface area contributed by atoms with Gasteiger partial charge in [-0.15, -0.1) is 11.3 Å². The van der Waals surface area contributed by atoms with Crippen molar-refractivity contribution >= 4 is 39.1 Å². The fourth-order valence-corrected chi connectivity index (χ4v) is 3.15. The zero-order chi connectivity index (χ0) is 12.4. The number of aliphatic carboxylic acids is 1. The van der Waals surface area contributed by atoms with E-state index in [9.17, 15) is 9.59 Å². The first-order valence-corrected chi connectivity index (χ1v) is 7.04. The summed E-state index contributed by atoms with van der Waals surface area (Å²) in [6.45, 7) is 0.531. The Bertz CT molecular complexity index is 446. The number of carboxylic acids is 1. The van der Waals surface area contributed by atoms with Gasteiger partial charge >= 0.3 is 5.97 Å². The van der Waals surface area contributed by atoms with E-state index < -0.39 is 12.0 Å². The van der Waals surface area contributed by atoms with Crippen LogP contribution in [0.2, 0.25) is 0 Å². The number of thiophene rings is 1. The van der Waals surface area contributed by atoms with Crippen LogP contribution in [0.1, 0.15) is 29.6 Å². The van der Waals surface area contributed by atoms with Crippen LogP contribution in [0.3, 0.4) is 0 Å². The molecule has 0 aliphatic carbocycles. The van der Waals surface area contributed by atoms with Gasteiger partial charge in [-0.25, -0.2) is 4.79 Å². The number of nitrogens with zero attached hydrogens (tertiary/aromatic N) is 1. The maximum atomic E-state index is 12.2. The van der Waals surface area contributed by atoms with Crippen molar-refractivity contribution < 1.29 is 14.7 Å². The third-order valence-electron chi connectivity index (χ3n) is 2.86. The number of carbonyl (C=O) groups is 2. The molecule has 1 aromatic heterocycles. The molecule has 1 amide bonds. The third-order valence-corrected chi connectivity index (χ3v) is 4.37. The molecule has 6 heteroatoms. The number of hydrogen-bond donors (Lipinski definition) is 1. The number of halogens is 1. The lowest BCUT2D eigenvalue weighted by Crippen LogP contribution is -2.47. The minimum Gasteiger partial charge on any atom is -0.480 e. The van der Waals surface area contributed by atoms with Crippen molar-refractivity contribution in [3.8, 4) is 0 Å². The van der Waals surface area contributed by atoms with Crippen LogP contribution in [0.4, 0.5) is 0 Å². The molecule has 1 saturated heterocycles. The molecule has 17 heavy (non-hydrogen) atoms. The Hall–Kier alpha value is -0.880. The summed E-state index contributed by atoms with van der Waals surface area (Å²) in [4.78, 5) is 24.8. The van der Waals surface area contributed by atoms with Crippen LogP contribution >= 0.6 is 27.3 Å². The van der Waals surface area contributed by atoms with Crippen LogP contribution < -0.4 is 0 Å². The van der Waals surface area contributed by atoms with Crippen molar-refractivity contribution in [2.24, 2.45) is 0 Å². The lowest BCUT2D eigenvalue weighted by Gasteiger charge is -2.32. The summed E-state index contributed by atoms with van der Waals surface area (Å²) in [5, 5.41) is 10.9. The molecule has 0 aromatic carbocycles. The van der Waals surface area contributed by atoms with Crippen LogP contribution in [0.25, 0.3) is 0 Å². The van der Waals surface area contributed by atoms with Crippen LogP contribution in [-0.4, -0.2) is 34.5 Å². The molecule has 1 aromatic rings. The Labute approximate surface area is 111 Å². The summed E-state index contributed by atoms with van der Waals surface area (Å²) in [7, 11) is 0. The second-order valence-electron chi connectivity index (χ2n) is 3.99. The van der Waals surface area contributed by atoms with Gasteiger partial charge in [-0.05, 0) is 41.3 Å². The van der Waals surface area contributed by atoms with Crippen LogP contribution in [0.5, 0.6) is 0 Å². The van der Waals surface area contributed by atoms with Crippen molar-refractivity contribution in [3.63, 3.8) is 0 Å². The molecule has 1 atom stereocenters. The highest BCUT2D eigenvalue weighted by atomic mass is 79.9. The molecule has 1 fully saturated rings. The Balaban J connectivity index is 2.19. The molecule has 2 rings (SSSR count). The van der Waals surface area contributed by atoms with E-state index in [4.69, 9.17) is 5.11 Å². The minimum absolute atomic E-state index is 0.181. The molecule has 1 aliphatic heterocycles. The van der Waals surface area contributed by atoms with Gasteiger partial charge in [0, 0.05) is 11.9 Å². The molecule has 0 spiro atoms. The number of likely N-dealkylation sites (tertiary alicyclic amines) is 1. The zero-order valence-electron chi connectivity index (χ0n) is 9.06. The van der Waals surface area contributed by atoms with Gasteiger partial charge in [-0.2, -0.15) is 0 Å². The summed E-state index contributed by atoms with van der Waals surface area (Å²) >= 11 is 4.73. The first-order valence-electron chi connectivity index (χ1n) is 5.37. The number of rotatable bonds is 2. The van der Waals surface area contributed by atoms with Crippen LogP contribution in [0, 0.1) is 0 Å². The van der Waals surface area contributed by atoms with E-state index in [1.807, 2.05) is 0 Å². The number of amides is 1. The maximum Gasteiger partial charge on any atom is 0.326 e. The van der Waals surface area contributed by atoms with Gasteiger partial charge in [-0.1, -0.05) is 0 Å². The standard InChI is InChI=1S/C11H12BrNO3S/c12-9-5-7(6-17-9)10(14)13-4-2-1-3-8(13)11(15)16/h5-6,8H,1-4H2,(H,15,16). The topological polar surface area (TPSA) is 57.6 Å². The van der Waals surface area contributed by atoms with Gasteiger partial charge in [0.1, 0.15) is 6.04 Å². The summed E-state index contributed by atoms with van der Waals surface area (Å²) < 4.78 is 0.879. The van der Waals surface area contributed by atoms with Crippen LogP contribution in [-0.2, 0) is 4.79 Å². The van der Waals surface area contributed by atoms with E-state index in [0.29, 0.717) is 18.5 Å². The summed E-state index contributed by atoms with van der Waals surface area (Å²) in [6.07, 6.45) is 2.29. The van der Waals surface area contributed by atoms with Crippen LogP contribution in [0.15, 0.2) is 15.2 Å². The summed E-state index contributed by atoms with van der Waals surface area (Å²) in [5.74, 6) is -1.09. The average Bonchev–Trinajstić information content (AvgIpc) is 2.75. The Kier molecular flexibility index (Phi) is 3.83. The van der Waals surface area contributed by atoms with E-state index in [1.165, 1.54) is 16.2 Å². The van der Waals surface area contributed by atoms with E-state index >= 15 is 0 Å². The molecule has 1 aliphatic rings. The predicted molar refractivity (Wildman–Crippen MR) is 68.3 cm³/mol. The fourth-order valence-electron chi connectivity index (χ4n) is 2.02. The number of carboxylic acid groups (broad SMARTS) is 1. The van der Waals surface area contributed by atoms with Crippen molar-refractivity contribution in [2.45, 2.75) is 25.3 Å². The van der Waals surface area contributed by atoms with Gasteiger partial charge in [0.2, 0.25) is 0 Å². The smallest absolute Gasteiger partial charge is 0.326 e. The molecule has 1 unspecified atom stereocenters. The number of piperidine rings is 1. The average molecular weight is 318 g/mol. The third kappa shape index (κ3) is 2.69. The van der Waals surface area contributed by atoms with Gasteiger partial charge in [0.25, 0.3) is 5.91 Å². The highest BCUT2D eigenvalue weighted by molar-refractivity contribution is 9.11. The second-order valence-corrected chi connectivity index (χ2v) is 6.28. The second kappa shape index (κ2) is 5.18. The fraction of sp³-hybridized carbons (Fsp3) is 0.455. The maximum absolute atomic E-state index is 12.2. The van der Waals surface area contributed by atoms with Crippen molar-refractivity contribution in [1.29, 1.82) is 0 Å². The lowest BCUT2D eigenvalue weighted by atomic mass is 10.0. The van der Waals surface area contributed by atoms with Crippen molar-refractivity contribution in [1.82, 2.24) is 4.90 Å². The highest BCUT2D eigenvalue weighted by Crippen LogP contribution is 2.25. The molecular weight excluding hydrogens is 306 g/mol. The van der Waals surface area contributed by atoms with E-state index in [1.54, 1.807) is 11.4 Å². The molecule has 0 saturated carbocycles. The monoisotopic (exact) mass is 317 g/mol. The molecule has 0 radical (unpaired) electrons. The van der Waals surface area contributed by atoms with E-state index in [-0.39, 0.29) is 5.91 Å². The van der Waals surface area contributed by atoms with Gasteiger partial charge in [0.15, 0.2) is 0 Å². The summed E-state index contributed by atoms with van der Waals surface area (Å²) in [5.41, 5.74) is 0.565.